The van der Waals surface area contributed by atoms with Crippen LogP contribution in [0.25, 0.3) is 0 Å². The minimum Gasteiger partial charge on any atom is -0.496 e. The van der Waals surface area contributed by atoms with Gasteiger partial charge in [0.15, 0.2) is 18.8 Å². The lowest BCUT2D eigenvalue weighted by Crippen LogP contribution is -2.59. The third-order valence-corrected chi connectivity index (χ3v) is 10.1. The van der Waals surface area contributed by atoms with Crippen LogP contribution < -0.4 is 18.5 Å². The summed E-state index contributed by atoms with van der Waals surface area (Å²) in [5.74, 6) is -3.69. The summed E-state index contributed by atoms with van der Waals surface area (Å²) >= 11 is 6.41. The highest BCUT2D eigenvalue weighted by molar-refractivity contribution is 7.93. The van der Waals surface area contributed by atoms with Crippen molar-refractivity contribution in [1.29, 1.82) is 0 Å². The number of nitrogens with zero attached hydrogens (tertiary/aromatic N) is 3. The Bertz CT molecular complexity index is 1940. The Balaban J connectivity index is 1.81. The van der Waals surface area contributed by atoms with Crippen molar-refractivity contribution in [2.45, 2.75) is 41.4 Å². The summed E-state index contributed by atoms with van der Waals surface area (Å²) in [6, 6.07) is 9.94. The van der Waals surface area contributed by atoms with E-state index in [9.17, 15) is 39.6 Å². The number of sulfonamides is 1. The Morgan fingerprint density at radius 3 is 2.22 bits per heavy atom. The van der Waals surface area contributed by atoms with Gasteiger partial charge in [0.1, 0.15) is 28.3 Å². The second-order valence-corrected chi connectivity index (χ2v) is 14.0. The molecule has 5 rings (SSSR count). The topological polar surface area (TPSA) is 106 Å². The number of likely N-dealkylation sites (tertiary alicyclic amines) is 1. The van der Waals surface area contributed by atoms with E-state index >= 15 is 9.18 Å². The zero-order chi connectivity index (χ0) is 37.7. The fourth-order valence-corrected chi connectivity index (χ4v) is 8.01. The van der Waals surface area contributed by atoms with Gasteiger partial charge >= 0.3 is 12.4 Å². The summed E-state index contributed by atoms with van der Waals surface area (Å²) in [6.45, 7) is -4.48. The van der Waals surface area contributed by atoms with E-state index in [-0.39, 0.29) is 26.2 Å². The molecule has 2 aliphatic rings. The van der Waals surface area contributed by atoms with E-state index in [1.807, 2.05) is 0 Å². The smallest absolute Gasteiger partial charge is 0.422 e. The summed E-state index contributed by atoms with van der Waals surface area (Å²) < 4.78 is 139. The molecule has 0 spiro atoms. The maximum Gasteiger partial charge on any atom is 0.422 e. The zero-order valence-corrected chi connectivity index (χ0v) is 28.5. The highest BCUT2D eigenvalue weighted by Gasteiger charge is 2.64. The number of rotatable bonds is 10. The number of amides is 2. The van der Waals surface area contributed by atoms with E-state index in [0.717, 1.165) is 17.0 Å². The molecule has 2 amide bonds. The van der Waals surface area contributed by atoms with Crippen LogP contribution in [-0.4, -0.2) is 95.6 Å². The van der Waals surface area contributed by atoms with Crippen molar-refractivity contribution in [1.82, 2.24) is 9.80 Å². The molecule has 1 unspecified atom stereocenters. The first kappa shape index (κ1) is 38.0. The predicted octanol–water partition coefficient (Wildman–Crippen LogP) is 5.71. The Kier molecular flexibility index (Phi) is 10.2. The number of benzene rings is 3. The van der Waals surface area contributed by atoms with Crippen molar-refractivity contribution in [3.8, 4) is 17.2 Å². The first-order valence-electron chi connectivity index (χ1n) is 14.9. The average Bonchev–Trinajstić information content (AvgIpc) is 3.56. The molecule has 19 heteroatoms. The molecular formula is C32H29ClF7N3O7S. The summed E-state index contributed by atoms with van der Waals surface area (Å²) in [5, 5.41) is -0.0247. The van der Waals surface area contributed by atoms with Crippen LogP contribution in [0, 0.1) is 0 Å². The summed E-state index contributed by atoms with van der Waals surface area (Å²) in [7, 11) is -1.41. The fraction of sp³-hybridized carbons (Fsp3) is 0.375. The molecule has 2 aliphatic heterocycles. The number of likely N-dealkylation sites (N-methyl/N-ethyl adjacent to an activating group) is 1. The van der Waals surface area contributed by atoms with Crippen LogP contribution in [0.5, 0.6) is 17.2 Å². The van der Waals surface area contributed by atoms with Gasteiger partial charge in [-0.1, -0.05) is 29.8 Å². The highest BCUT2D eigenvalue weighted by atomic mass is 35.5. The third-order valence-electron chi connectivity index (χ3n) is 8.19. The second-order valence-electron chi connectivity index (χ2n) is 11.8. The van der Waals surface area contributed by atoms with Gasteiger partial charge in [-0.2, -0.15) is 26.3 Å². The van der Waals surface area contributed by atoms with E-state index < -0.39 is 100 Å². The van der Waals surface area contributed by atoms with Gasteiger partial charge in [-0.05, 0) is 36.4 Å². The molecule has 3 atom stereocenters. The third kappa shape index (κ3) is 7.13. The molecule has 1 saturated heterocycles. The molecule has 1 fully saturated rings. The molecule has 51 heavy (non-hydrogen) atoms. The first-order valence-corrected chi connectivity index (χ1v) is 16.7. The predicted molar refractivity (Wildman–Crippen MR) is 168 cm³/mol. The number of alkyl halides is 7. The lowest BCUT2D eigenvalue weighted by atomic mass is 9.80. The van der Waals surface area contributed by atoms with E-state index in [4.69, 9.17) is 21.1 Å². The molecule has 0 aliphatic carbocycles. The van der Waals surface area contributed by atoms with Crippen LogP contribution in [0.4, 0.5) is 36.4 Å². The molecule has 0 bridgehead atoms. The Morgan fingerprint density at radius 1 is 0.941 bits per heavy atom. The average molecular weight is 768 g/mol. The summed E-state index contributed by atoms with van der Waals surface area (Å²) in [6.07, 6.45) is -12.0. The quantitative estimate of drug-likeness (QED) is 0.242. The van der Waals surface area contributed by atoms with Gasteiger partial charge in [-0.3, -0.25) is 14.5 Å². The molecule has 10 nitrogen and oxygen atoms in total. The van der Waals surface area contributed by atoms with Crippen LogP contribution >= 0.6 is 11.6 Å². The molecule has 276 valence electrons. The van der Waals surface area contributed by atoms with Gasteiger partial charge < -0.3 is 19.1 Å². The fourth-order valence-electron chi connectivity index (χ4n) is 6.23. The molecule has 2 heterocycles. The second kappa shape index (κ2) is 13.7. The normalized spacial score (nSPS) is 21.1. The zero-order valence-electron chi connectivity index (χ0n) is 26.9. The Hall–Kier alpha value is -4.29. The van der Waals surface area contributed by atoms with Crippen LogP contribution in [0.2, 0.25) is 5.02 Å². The maximum absolute atomic E-state index is 15.5. The van der Waals surface area contributed by atoms with Crippen LogP contribution in [0.1, 0.15) is 17.5 Å². The van der Waals surface area contributed by atoms with Crippen molar-refractivity contribution in [2.75, 3.05) is 45.3 Å². The van der Waals surface area contributed by atoms with Gasteiger partial charge in [0.25, 0.3) is 15.9 Å². The maximum atomic E-state index is 15.5. The number of ether oxygens (including phenoxy) is 3. The number of methoxy groups -OCH3 is 1. The van der Waals surface area contributed by atoms with Gasteiger partial charge in [-0.15, -0.1) is 0 Å². The number of hydrogen-bond acceptors (Lipinski definition) is 8. The molecular weight excluding hydrogens is 739 g/mol. The van der Waals surface area contributed by atoms with Gasteiger partial charge in [0, 0.05) is 49.3 Å². The molecule has 0 aromatic heterocycles. The highest BCUT2D eigenvalue weighted by Crippen LogP contribution is 2.55. The Morgan fingerprint density at radius 2 is 1.59 bits per heavy atom. The van der Waals surface area contributed by atoms with Crippen LogP contribution in [-0.2, 0) is 25.2 Å². The largest absolute Gasteiger partial charge is 0.496 e. The monoisotopic (exact) mass is 767 g/mol. The van der Waals surface area contributed by atoms with E-state index in [2.05, 4.69) is 4.74 Å². The van der Waals surface area contributed by atoms with Crippen molar-refractivity contribution in [3.63, 3.8) is 0 Å². The number of carbonyl (C=O) groups excluding carboxylic acids is 2. The number of halogens is 8. The number of anilines is 1. The molecule has 0 saturated carbocycles. The molecule has 3 aromatic rings. The van der Waals surface area contributed by atoms with Crippen molar-refractivity contribution in [3.05, 3.63) is 76.8 Å². The lowest BCUT2D eigenvalue weighted by Gasteiger charge is -2.42. The van der Waals surface area contributed by atoms with Crippen LogP contribution in [0.15, 0.2) is 65.6 Å². The van der Waals surface area contributed by atoms with E-state index in [1.165, 1.54) is 62.5 Å². The first-order chi connectivity index (χ1) is 23.7. The number of fused-ring (bicyclic) bond motifs is 1. The van der Waals surface area contributed by atoms with Crippen molar-refractivity contribution in [2.24, 2.45) is 0 Å². The minimum absolute atomic E-state index is 0.00568. The van der Waals surface area contributed by atoms with Gasteiger partial charge in [-0.25, -0.2) is 17.1 Å². The van der Waals surface area contributed by atoms with E-state index in [0.29, 0.717) is 12.1 Å². The number of carbonyl (C=O) groups is 2. The van der Waals surface area contributed by atoms with Gasteiger partial charge in [0.2, 0.25) is 5.91 Å². The van der Waals surface area contributed by atoms with Crippen molar-refractivity contribution < 1.29 is 63.0 Å². The van der Waals surface area contributed by atoms with Gasteiger partial charge in [0.05, 0.1) is 18.8 Å². The molecule has 0 N–H and O–H groups in total. The Labute approximate surface area is 292 Å². The molecule has 0 radical (unpaired) electrons. The standard InChI is InChI=1S/C32H29ClF7N3O7S/c1-41(2)28(44)24-13-19(34)15-42(24)32(21-6-4-5-7-25(21)48-3)22-12-18(33)8-10-23(22)43(29(32)45)51(46,47)27-14-20(49-16-30(35,36)37)9-11-26(27)50-17-31(38,39)40/h4-12,14,19,24H,13,15-17H2,1-3H3/t19-,24+,32?/m0/s1. The van der Waals surface area contributed by atoms with E-state index in [1.54, 1.807) is 0 Å². The summed E-state index contributed by atoms with van der Waals surface area (Å²) in [5.41, 5.74) is -2.99. The lowest BCUT2D eigenvalue weighted by molar-refractivity contribution is -0.154. The van der Waals surface area contributed by atoms with Crippen molar-refractivity contribution >= 4 is 39.1 Å². The minimum atomic E-state index is -5.45. The molecule has 3 aromatic carbocycles. The number of para-hydroxylation sites is 1. The van der Waals surface area contributed by atoms with Crippen LogP contribution in [0.3, 0.4) is 0 Å². The summed E-state index contributed by atoms with van der Waals surface area (Å²) in [4.78, 5) is 30.0. The number of hydrogen-bond donors (Lipinski definition) is 0. The SMILES string of the molecule is COc1ccccc1C1(N2C[C@@H](F)C[C@@H]2C(=O)N(C)C)C(=O)N(S(=O)(=O)c2cc(OCC(F)(F)F)ccc2OCC(F)(F)F)c2ccc(Cl)cc21.